The summed E-state index contributed by atoms with van der Waals surface area (Å²) in [4.78, 5) is 0. The van der Waals surface area contributed by atoms with E-state index in [-0.39, 0.29) is 10.8 Å². The molecular formula is C10H12N2O3S2. The summed E-state index contributed by atoms with van der Waals surface area (Å²) in [6, 6.07) is 3.30. The largest absolute Gasteiger partial charge is 0.472 e. The van der Waals surface area contributed by atoms with E-state index in [9.17, 15) is 8.42 Å². The van der Waals surface area contributed by atoms with Crippen LogP contribution in [0.25, 0.3) is 0 Å². The van der Waals surface area contributed by atoms with Gasteiger partial charge in [0.15, 0.2) is 0 Å². The van der Waals surface area contributed by atoms with Crippen molar-refractivity contribution in [3.05, 3.63) is 41.2 Å². The van der Waals surface area contributed by atoms with E-state index in [4.69, 9.17) is 10.2 Å². The average molecular weight is 272 g/mol. The van der Waals surface area contributed by atoms with Gasteiger partial charge in [0.05, 0.1) is 12.5 Å². The van der Waals surface area contributed by atoms with Crippen molar-refractivity contribution in [3.63, 3.8) is 0 Å². The molecule has 2 heterocycles. The summed E-state index contributed by atoms with van der Waals surface area (Å²) in [5.41, 5.74) is 7.04. The highest BCUT2D eigenvalue weighted by atomic mass is 32.2. The normalized spacial score (nSPS) is 11.8. The minimum atomic E-state index is -3.45. The molecule has 0 aromatic carbocycles. The van der Waals surface area contributed by atoms with Gasteiger partial charge in [-0.25, -0.2) is 13.1 Å². The summed E-state index contributed by atoms with van der Waals surface area (Å²) in [6.45, 7) is 0.558. The van der Waals surface area contributed by atoms with Crippen molar-refractivity contribution in [2.24, 2.45) is 5.73 Å². The third-order valence-electron chi connectivity index (χ3n) is 2.18. The molecule has 0 unspecified atom stereocenters. The van der Waals surface area contributed by atoms with Gasteiger partial charge in [-0.2, -0.15) is 0 Å². The molecule has 0 amide bonds. The molecule has 2 aromatic rings. The molecule has 0 aliphatic rings. The average Bonchev–Trinajstić information content (AvgIpc) is 2.98. The van der Waals surface area contributed by atoms with E-state index in [0.717, 1.165) is 22.5 Å². The molecule has 0 atom stereocenters. The third kappa shape index (κ3) is 2.95. The Labute approximate surface area is 103 Å². The highest BCUT2D eigenvalue weighted by molar-refractivity contribution is 7.91. The van der Waals surface area contributed by atoms with E-state index in [0.29, 0.717) is 6.54 Å². The topological polar surface area (TPSA) is 85.3 Å². The van der Waals surface area contributed by atoms with Crippen LogP contribution in [0.3, 0.4) is 0 Å². The summed E-state index contributed by atoms with van der Waals surface area (Å²) in [7, 11) is -3.45. The lowest BCUT2D eigenvalue weighted by Crippen LogP contribution is -2.22. The molecule has 0 bridgehead atoms. The number of sulfonamides is 1. The molecule has 2 aromatic heterocycles. The number of thiophene rings is 1. The maximum Gasteiger partial charge on any atom is 0.250 e. The summed E-state index contributed by atoms with van der Waals surface area (Å²) in [5, 5.41) is 1.74. The van der Waals surface area contributed by atoms with Gasteiger partial charge in [0.25, 0.3) is 0 Å². The number of furan rings is 1. The Morgan fingerprint density at radius 1 is 1.41 bits per heavy atom. The molecule has 0 radical (unpaired) electrons. The first-order valence-corrected chi connectivity index (χ1v) is 7.26. The van der Waals surface area contributed by atoms with Crippen molar-refractivity contribution < 1.29 is 12.8 Å². The maximum atomic E-state index is 11.9. The fourth-order valence-corrected chi connectivity index (χ4v) is 3.53. The van der Waals surface area contributed by atoms with E-state index in [1.54, 1.807) is 17.5 Å². The number of nitrogens with two attached hydrogens (primary N) is 1. The van der Waals surface area contributed by atoms with Crippen molar-refractivity contribution in [2.45, 2.75) is 17.3 Å². The van der Waals surface area contributed by atoms with Crippen LogP contribution in [-0.4, -0.2) is 8.42 Å². The van der Waals surface area contributed by atoms with Crippen molar-refractivity contribution in [1.29, 1.82) is 0 Å². The first kappa shape index (κ1) is 12.3. The van der Waals surface area contributed by atoms with Crippen LogP contribution in [0, 0.1) is 0 Å². The SMILES string of the molecule is NCc1csc(S(=O)(=O)NCc2ccoc2)c1. The molecule has 2 rings (SSSR count). The van der Waals surface area contributed by atoms with E-state index in [1.165, 1.54) is 12.5 Å². The number of nitrogens with one attached hydrogen (secondary N) is 1. The van der Waals surface area contributed by atoms with Crippen molar-refractivity contribution in [2.75, 3.05) is 0 Å². The van der Waals surface area contributed by atoms with E-state index in [2.05, 4.69) is 4.72 Å². The van der Waals surface area contributed by atoms with Gasteiger partial charge in [-0.15, -0.1) is 11.3 Å². The Balaban J connectivity index is 2.08. The van der Waals surface area contributed by atoms with E-state index in [1.807, 2.05) is 0 Å². The fraction of sp³-hybridized carbons (Fsp3) is 0.200. The zero-order valence-electron chi connectivity index (χ0n) is 8.92. The molecular weight excluding hydrogens is 260 g/mol. The first-order chi connectivity index (χ1) is 8.12. The van der Waals surface area contributed by atoms with Crippen LogP contribution in [0.2, 0.25) is 0 Å². The second-order valence-corrected chi connectivity index (χ2v) is 6.34. The van der Waals surface area contributed by atoms with Gasteiger partial charge in [0.2, 0.25) is 10.0 Å². The lowest BCUT2D eigenvalue weighted by molar-refractivity contribution is 0.561. The highest BCUT2D eigenvalue weighted by Gasteiger charge is 2.16. The lowest BCUT2D eigenvalue weighted by Gasteiger charge is -2.02. The second kappa shape index (κ2) is 5.01. The summed E-state index contributed by atoms with van der Waals surface area (Å²) in [5.74, 6) is 0. The predicted octanol–water partition coefficient (Wildman–Crippen LogP) is 1.28. The number of hydrogen-bond donors (Lipinski definition) is 2. The number of rotatable bonds is 5. The Hall–Kier alpha value is -1.15. The van der Waals surface area contributed by atoms with Gasteiger partial charge >= 0.3 is 0 Å². The zero-order chi connectivity index (χ0) is 12.3. The second-order valence-electron chi connectivity index (χ2n) is 3.43. The Morgan fingerprint density at radius 3 is 2.82 bits per heavy atom. The van der Waals surface area contributed by atoms with Crippen LogP contribution < -0.4 is 10.5 Å². The summed E-state index contributed by atoms with van der Waals surface area (Å²) < 4.78 is 31.4. The van der Waals surface area contributed by atoms with Gasteiger partial charge in [-0.1, -0.05) is 0 Å². The van der Waals surface area contributed by atoms with Gasteiger partial charge in [0.1, 0.15) is 4.21 Å². The molecule has 0 fully saturated rings. The van der Waals surface area contributed by atoms with Crippen molar-refractivity contribution in [3.8, 4) is 0 Å². The Morgan fingerprint density at radius 2 is 2.24 bits per heavy atom. The quantitative estimate of drug-likeness (QED) is 0.858. The van der Waals surface area contributed by atoms with E-state index >= 15 is 0 Å². The smallest absolute Gasteiger partial charge is 0.250 e. The molecule has 0 aliphatic carbocycles. The molecule has 5 nitrogen and oxygen atoms in total. The molecule has 0 saturated carbocycles. The zero-order valence-corrected chi connectivity index (χ0v) is 10.6. The standard InChI is InChI=1S/C10H12N2O3S2/c11-4-9-3-10(16-7-9)17(13,14)12-5-8-1-2-15-6-8/h1-3,6-7,12H,4-5,11H2. The Kier molecular flexibility index (Phi) is 3.63. The third-order valence-corrected chi connectivity index (χ3v) is 5.07. The fourth-order valence-electron chi connectivity index (χ4n) is 1.24. The Bertz CT molecular complexity index is 572. The maximum absolute atomic E-state index is 11.9. The first-order valence-electron chi connectivity index (χ1n) is 4.90. The van der Waals surface area contributed by atoms with Crippen LogP contribution in [0.4, 0.5) is 0 Å². The minimum Gasteiger partial charge on any atom is -0.472 e. The predicted molar refractivity (Wildman–Crippen MR) is 64.9 cm³/mol. The molecule has 7 heteroatoms. The van der Waals surface area contributed by atoms with Gasteiger partial charge in [0, 0.05) is 18.7 Å². The van der Waals surface area contributed by atoms with Crippen LogP contribution in [-0.2, 0) is 23.1 Å². The van der Waals surface area contributed by atoms with Gasteiger partial charge < -0.3 is 10.2 Å². The van der Waals surface area contributed by atoms with Crippen LogP contribution in [0.1, 0.15) is 11.1 Å². The van der Waals surface area contributed by atoms with Crippen molar-refractivity contribution in [1.82, 2.24) is 4.72 Å². The molecule has 0 saturated heterocycles. The monoisotopic (exact) mass is 272 g/mol. The molecule has 17 heavy (non-hydrogen) atoms. The van der Waals surface area contributed by atoms with Gasteiger partial charge in [-0.05, 0) is 23.1 Å². The van der Waals surface area contributed by atoms with E-state index < -0.39 is 10.0 Å². The minimum absolute atomic E-state index is 0.217. The lowest BCUT2D eigenvalue weighted by atomic mass is 10.4. The molecule has 92 valence electrons. The van der Waals surface area contributed by atoms with Crippen LogP contribution in [0.5, 0.6) is 0 Å². The van der Waals surface area contributed by atoms with Gasteiger partial charge in [-0.3, -0.25) is 0 Å². The molecule has 0 aliphatic heterocycles. The summed E-state index contributed by atoms with van der Waals surface area (Å²) in [6.07, 6.45) is 3.00. The summed E-state index contributed by atoms with van der Waals surface area (Å²) >= 11 is 1.16. The molecule has 0 spiro atoms. The van der Waals surface area contributed by atoms with Crippen LogP contribution in [0.15, 0.2) is 38.7 Å². The van der Waals surface area contributed by atoms with Crippen LogP contribution >= 0.6 is 11.3 Å². The molecule has 3 N–H and O–H groups in total. The highest BCUT2D eigenvalue weighted by Crippen LogP contribution is 2.19. The van der Waals surface area contributed by atoms with Crippen molar-refractivity contribution >= 4 is 21.4 Å². The number of hydrogen-bond acceptors (Lipinski definition) is 5.